The molecule has 68 valence electrons. The molecule has 0 saturated heterocycles. The number of benzene rings is 1. The molecule has 0 aliphatic heterocycles. The highest BCUT2D eigenvalue weighted by Gasteiger charge is 2.15. The van der Waals surface area contributed by atoms with E-state index in [0.717, 1.165) is 5.56 Å². The molecule has 0 radical (unpaired) electrons. The predicted molar refractivity (Wildman–Crippen MR) is 47.9 cm³/mol. The molecular weight excluding hydrogens is 168 g/mol. The molecule has 0 atom stereocenters. The van der Waals surface area contributed by atoms with Crippen LogP contribution in [-0.2, 0) is 4.79 Å². The van der Waals surface area contributed by atoms with Gasteiger partial charge in [-0.2, -0.15) is 0 Å². The lowest BCUT2D eigenvalue weighted by atomic mass is 10.0. The average molecular weight is 178 g/mol. The van der Waals surface area contributed by atoms with Crippen LogP contribution in [0.25, 0.3) is 0 Å². The van der Waals surface area contributed by atoms with Gasteiger partial charge in [0.1, 0.15) is 0 Å². The van der Waals surface area contributed by atoms with Crippen molar-refractivity contribution in [3.63, 3.8) is 0 Å². The number of aryl methyl sites for hydroxylation is 2. The maximum absolute atomic E-state index is 11.1. The molecule has 0 saturated carbocycles. The van der Waals surface area contributed by atoms with Gasteiger partial charge in [0.15, 0.2) is 0 Å². The molecule has 0 heterocycles. The number of carbonyl (C=O) groups is 2. The molecule has 1 N–H and O–H groups in total. The third kappa shape index (κ3) is 1.93. The van der Waals surface area contributed by atoms with Crippen LogP contribution < -0.4 is 0 Å². The molecule has 0 unspecified atom stereocenters. The number of hydrogen-bond acceptors (Lipinski definition) is 2. The van der Waals surface area contributed by atoms with Crippen LogP contribution in [0.15, 0.2) is 18.2 Å². The fourth-order valence-corrected chi connectivity index (χ4v) is 1.18. The van der Waals surface area contributed by atoms with Crippen LogP contribution in [0, 0.1) is 13.8 Å². The van der Waals surface area contributed by atoms with Gasteiger partial charge in [-0.05, 0) is 19.4 Å². The summed E-state index contributed by atoms with van der Waals surface area (Å²) in [7, 11) is 0. The summed E-state index contributed by atoms with van der Waals surface area (Å²) in [4.78, 5) is 21.5. The van der Waals surface area contributed by atoms with Crippen molar-refractivity contribution >= 4 is 11.8 Å². The standard InChI is InChI=1S/C10H10O3/c1-6-3-4-8(7(2)5-6)9(11)10(12)13/h3-5H,1-2H3,(H,12,13). The smallest absolute Gasteiger partial charge is 0.377 e. The summed E-state index contributed by atoms with van der Waals surface area (Å²) >= 11 is 0. The summed E-state index contributed by atoms with van der Waals surface area (Å²) in [6.07, 6.45) is 0. The van der Waals surface area contributed by atoms with Crippen molar-refractivity contribution in [1.29, 1.82) is 0 Å². The fourth-order valence-electron chi connectivity index (χ4n) is 1.18. The summed E-state index contributed by atoms with van der Waals surface area (Å²) in [6, 6.07) is 5.06. The minimum Gasteiger partial charge on any atom is -0.475 e. The number of ketones is 1. The van der Waals surface area contributed by atoms with E-state index in [1.807, 2.05) is 6.92 Å². The first-order chi connectivity index (χ1) is 6.02. The highest BCUT2D eigenvalue weighted by atomic mass is 16.4. The SMILES string of the molecule is Cc1ccc(C(=O)C(=O)O)c(C)c1. The number of carboxylic acids is 1. The van der Waals surface area contributed by atoms with Crippen molar-refractivity contribution in [2.75, 3.05) is 0 Å². The first-order valence-corrected chi connectivity index (χ1v) is 3.87. The number of Topliss-reactive ketones (excluding diaryl/α,β-unsaturated/α-hetero) is 1. The van der Waals surface area contributed by atoms with Crippen molar-refractivity contribution in [2.45, 2.75) is 13.8 Å². The van der Waals surface area contributed by atoms with Crippen LogP contribution in [0.1, 0.15) is 21.5 Å². The van der Waals surface area contributed by atoms with Crippen molar-refractivity contribution in [2.24, 2.45) is 0 Å². The van der Waals surface area contributed by atoms with E-state index in [2.05, 4.69) is 0 Å². The Morgan fingerprint density at radius 2 is 1.85 bits per heavy atom. The monoisotopic (exact) mass is 178 g/mol. The van der Waals surface area contributed by atoms with E-state index < -0.39 is 11.8 Å². The minimum atomic E-state index is -1.41. The van der Waals surface area contributed by atoms with Crippen LogP contribution in [0.4, 0.5) is 0 Å². The second-order valence-corrected chi connectivity index (χ2v) is 2.95. The van der Waals surface area contributed by atoms with Gasteiger partial charge in [-0.15, -0.1) is 0 Å². The first kappa shape index (κ1) is 9.45. The summed E-state index contributed by atoms with van der Waals surface area (Å²) in [5.74, 6) is -2.26. The van der Waals surface area contributed by atoms with Gasteiger partial charge in [0.25, 0.3) is 5.78 Å². The molecule has 13 heavy (non-hydrogen) atoms. The maximum Gasteiger partial charge on any atom is 0.377 e. The van der Waals surface area contributed by atoms with Crippen LogP contribution in [0.3, 0.4) is 0 Å². The molecule has 3 nitrogen and oxygen atoms in total. The highest BCUT2D eigenvalue weighted by Crippen LogP contribution is 2.10. The van der Waals surface area contributed by atoms with Crippen molar-refractivity contribution in [3.8, 4) is 0 Å². The number of hydrogen-bond donors (Lipinski definition) is 1. The molecule has 0 amide bonds. The Morgan fingerprint density at radius 1 is 1.23 bits per heavy atom. The van der Waals surface area contributed by atoms with Gasteiger partial charge in [0.2, 0.25) is 0 Å². The van der Waals surface area contributed by atoms with Gasteiger partial charge in [-0.3, -0.25) is 4.79 Å². The van der Waals surface area contributed by atoms with E-state index in [-0.39, 0.29) is 5.56 Å². The van der Waals surface area contributed by atoms with Crippen molar-refractivity contribution in [1.82, 2.24) is 0 Å². The Hall–Kier alpha value is -1.64. The molecule has 0 aromatic heterocycles. The van der Waals surface area contributed by atoms with E-state index in [0.29, 0.717) is 5.56 Å². The summed E-state index contributed by atoms with van der Waals surface area (Å²) in [5.41, 5.74) is 1.98. The molecule has 1 aromatic rings. The van der Waals surface area contributed by atoms with Crippen LogP contribution in [-0.4, -0.2) is 16.9 Å². The normalized spacial score (nSPS) is 9.69. The zero-order valence-electron chi connectivity index (χ0n) is 7.50. The quantitative estimate of drug-likeness (QED) is 0.552. The molecule has 1 aromatic carbocycles. The fraction of sp³-hybridized carbons (Fsp3) is 0.200. The maximum atomic E-state index is 11.1. The lowest BCUT2D eigenvalue weighted by molar-refractivity contribution is -0.131. The van der Waals surface area contributed by atoms with Gasteiger partial charge in [-0.1, -0.05) is 23.8 Å². The van der Waals surface area contributed by atoms with Gasteiger partial charge >= 0.3 is 5.97 Å². The summed E-state index contributed by atoms with van der Waals surface area (Å²) in [5, 5.41) is 8.48. The lowest BCUT2D eigenvalue weighted by Crippen LogP contribution is -2.13. The summed E-state index contributed by atoms with van der Waals surface area (Å²) in [6.45, 7) is 3.62. The Balaban J connectivity index is 3.16. The van der Waals surface area contributed by atoms with Crippen LogP contribution in [0.2, 0.25) is 0 Å². The Bertz CT molecular complexity index is 366. The van der Waals surface area contributed by atoms with Gasteiger partial charge in [-0.25, -0.2) is 4.79 Å². The third-order valence-electron chi connectivity index (χ3n) is 1.82. The van der Waals surface area contributed by atoms with E-state index >= 15 is 0 Å². The third-order valence-corrected chi connectivity index (χ3v) is 1.82. The van der Waals surface area contributed by atoms with E-state index in [9.17, 15) is 9.59 Å². The van der Waals surface area contributed by atoms with E-state index in [4.69, 9.17) is 5.11 Å². The molecule has 1 rings (SSSR count). The second kappa shape index (κ2) is 3.39. The van der Waals surface area contributed by atoms with Gasteiger partial charge in [0, 0.05) is 5.56 Å². The molecule has 0 fully saturated rings. The van der Waals surface area contributed by atoms with Gasteiger partial charge < -0.3 is 5.11 Å². The largest absolute Gasteiger partial charge is 0.475 e. The predicted octanol–water partition coefficient (Wildman–Crippen LogP) is 1.57. The number of aliphatic carboxylic acids is 1. The molecular formula is C10H10O3. The Morgan fingerprint density at radius 3 is 2.31 bits per heavy atom. The van der Waals surface area contributed by atoms with Crippen LogP contribution >= 0.6 is 0 Å². The molecule has 0 bridgehead atoms. The zero-order chi connectivity index (χ0) is 10.0. The second-order valence-electron chi connectivity index (χ2n) is 2.95. The Kier molecular flexibility index (Phi) is 2.46. The molecule has 0 aliphatic carbocycles. The topological polar surface area (TPSA) is 54.4 Å². The molecule has 3 heteroatoms. The number of carbonyl (C=O) groups excluding carboxylic acids is 1. The zero-order valence-corrected chi connectivity index (χ0v) is 7.50. The summed E-state index contributed by atoms with van der Waals surface area (Å²) < 4.78 is 0. The highest BCUT2D eigenvalue weighted by molar-refractivity contribution is 6.40. The van der Waals surface area contributed by atoms with E-state index in [1.165, 1.54) is 0 Å². The average Bonchev–Trinajstić information content (AvgIpc) is 2.03. The molecule has 0 spiro atoms. The number of carboxylic acid groups (broad SMARTS) is 1. The minimum absolute atomic E-state index is 0.262. The van der Waals surface area contributed by atoms with Crippen molar-refractivity contribution < 1.29 is 14.7 Å². The number of rotatable bonds is 2. The van der Waals surface area contributed by atoms with Crippen LogP contribution in [0.5, 0.6) is 0 Å². The van der Waals surface area contributed by atoms with Gasteiger partial charge in [0.05, 0.1) is 0 Å². The molecule has 0 aliphatic rings. The first-order valence-electron chi connectivity index (χ1n) is 3.87. The lowest BCUT2D eigenvalue weighted by Gasteiger charge is -2.01. The van der Waals surface area contributed by atoms with E-state index in [1.54, 1.807) is 25.1 Å². The Labute approximate surface area is 76.0 Å². The van der Waals surface area contributed by atoms with Crippen molar-refractivity contribution in [3.05, 3.63) is 34.9 Å².